The van der Waals surface area contributed by atoms with Crippen LogP contribution in [0.2, 0.25) is 0 Å². The molecule has 4 heteroatoms. The van der Waals surface area contributed by atoms with E-state index in [1.807, 2.05) is 6.92 Å². The summed E-state index contributed by atoms with van der Waals surface area (Å²) in [5.74, 6) is -0.171. The third kappa shape index (κ3) is 1.99. The Morgan fingerprint density at radius 1 is 1.46 bits per heavy atom. The summed E-state index contributed by atoms with van der Waals surface area (Å²) in [5.41, 5.74) is 9.96. The number of carbonyl (C=O) groups is 2. The van der Waals surface area contributed by atoms with Crippen LogP contribution in [-0.2, 0) is 9.59 Å². The molecule has 2 amide bonds. The van der Waals surface area contributed by atoms with Crippen LogP contribution in [-0.4, -0.2) is 11.8 Å². The van der Waals surface area contributed by atoms with Gasteiger partial charge in [-0.15, -0.1) is 0 Å². The minimum absolute atomic E-state index is 0.232. The van der Waals surface area contributed by atoms with Gasteiger partial charge in [0.25, 0.3) is 0 Å². The normalized spacial score (nSPS) is 31.3. The van der Waals surface area contributed by atoms with Crippen LogP contribution >= 0.6 is 0 Å². The van der Waals surface area contributed by atoms with Crippen molar-refractivity contribution in [3.05, 3.63) is 0 Å². The largest absolute Gasteiger partial charge is 0.370 e. The first-order valence-electron chi connectivity index (χ1n) is 4.57. The van der Waals surface area contributed by atoms with Crippen LogP contribution in [0, 0.1) is 11.3 Å². The smallest absolute Gasteiger partial charge is 0.223 e. The fourth-order valence-corrected chi connectivity index (χ4v) is 1.88. The molecule has 1 aliphatic carbocycles. The maximum absolute atomic E-state index is 11.1. The average molecular weight is 184 g/mol. The zero-order valence-electron chi connectivity index (χ0n) is 7.88. The number of primary amides is 2. The maximum Gasteiger partial charge on any atom is 0.223 e. The van der Waals surface area contributed by atoms with Crippen molar-refractivity contribution < 1.29 is 9.59 Å². The molecule has 1 saturated carbocycles. The van der Waals surface area contributed by atoms with Gasteiger partial charge in [0.05, 0.1) is 5.41 Å². The molecule has 0 aromatic heterocycles. The minimum atomic E-state index is -0.324. The van der Waals surface area contributed by atoms with Gasteiger partial charge in [0.15, 0.2) is 0 Å². The minimum Gasteiger partial charge on any atom is -0.370 e. The topological polar surface area (TPSA) is 86.2 Å². The van der Waals surface area contributed by atoms with E-state index >= 15 is 0 Å². The van der Waals surface area contributed by atoms with E-state index in [0.29, 0.717) is 25.2 Å². The van der Waals surface area contributed by atoms with Gasteiger partial charge in [0.1, 0.15) is 0 Å². The zero-order valence-corrected chi connectivity index (χ0v) is 7.88. The van der Waals surface area contributed by atoms with Crippen molar-refractivity contribution in [3.8, 4) is 0 Å². The molecule has 0 spiro atoms. The van der Waals surface area contributed by atoms with Gasteiger partial charge in [0, 0.05) is 6.42 Å². The molecular formula is C9H16N2O2. The molecule has 0 aliphatic heterocycles. The first kappa shape index (κ1) is 10.0. The first-order chi connectivity index (χ1) is 5.99. The molecule has 0 heterocycles. The molecule has 74 valence electrons. The number of amides is 2. The Balaban J connectivity index is 2.35. The molecule has 0 aromatic carbocycles. The van der Waals surface area contributed by atoms with E-state index in [0.717, 1.165) is 6.42 Å². The van der Waals surface area contributed by atoms with E-state index in [9.17, 15) is 9.59 Å². The molecule has 4 N–H and O–H groups in total. The van der Waals surface area contributed by atoms with Crippen LogP contribution in [0.4, 0.5) is 0 Å². The van der Waals surface area contributed by atoms with Crippen LogP contribution in [0.15, 0.2) is 0 Å². The SMILES string of the molecule is CC1CC1(CCCC(N)=O)C(N)=O. The predicted octanol–water partition coefficient (Wildman–Crippen LogP) is 0.153. The number of rotatable bonds is 5. The predicted molar refractivity (Wildman–Crippen MR) is 48.5 cm³/mol. The van der Waals surface area contributed by atoms with E-state index < -0.39 is 0 Å². The van der Waals surface area contributed by atoms with Gasteiger partial charge in [-0.3, -0.25) is 9.59 Å². The van der Waals surface area contributed by atoms with E-state index in [1.165, 1.54) is 0 Å². The third-order valence-corrected chi connectivity index (χ3v) is 2.99. The van der Waals surface area contributed by atoms with Gasteiger partial charge >= 0.3 is 0 Å². The highest BCUT2D eigenvalue weighted by Gasteiger charge is 2.55. The summed E-state index contributed by atoms with van der Waals surface area (Å²) in [6.45, 7) is 2.01. The van der Waals surface area contributed by atoms with Crippen LogP contribution in [0.25, 0.3) is 0 Å². The summed E-state index contributed by atoms with van der Waals surface area (Å²) >= 11 is 0. The molecule has 1 rings (SSSR count). The Hall–Kier alpha value is -1.06. The van der Waals surface area contributed by atoms with Gasteiger partial charge in [0.2, 0.25) is 11.8 Å². The van der Waals surface area contributed by atoms with Gasteiger partial charge in [-0.25, -0.2) is 0 Å². The average Bonchev–Trinajstić information content (AvgIpc) is 2.62. The highest BCUT2D eigenvalue weighted by molar-refractivity contribution is 5.84. The van der Waals surface area contributed by atoms with Gasteiger partial charge in [-0.2, -0.15) is 0 Å². The summed E-state index contributed by atoms with van der Waals surface area (Å²) in [6.07, 6.45) is 2.58. The Morgan fingerprint density at radius 3 is 2.31 bits per heavy atom. The third-order valence-electron chi connectivity index (χ3n) is 2.99. The lowest BCUT2D eigenvalue weighted by Crippen LogP contribution is -2.26. The molecule has 1 fully saturated rings. The highest BCUT2D eigenvalue weighted by atomic mass is 16.1. The molecule has 0 bridgehead atoms. The Morgan fingerprint density at radius 2 is 2.00 bits per heavy atom. The first-order valence-corrected chi connectivity index (χ1v) is 4.57. The van der Waals surface area contributed by atoms with E-state index in [-0.39, 0.29) is 17.2 Å². The van der Waals surface area contributed by atoms with Crippen LogP contribution < -0.4 is 11.5 Å². The summed E-state index contributed by atoms with van der Waals surface area (Å²) in [4.78, 5) is 21.5. The second-order valence-corrected chi connectivity index (χ2v) is 3.95. The molecule has 0 saturated heterocycles. The van der Waals surface area contributed by atoms with E-state index in [1.54, 1.807) is 0 Å². The standard InChI is InChI=1S/C9H16N2O2/c1-6-5-9(6,8(11)13)4-2-3-7(10)12/h6H,2-5H2,1H3,(H2,10,12)(H2,11,13). The second-order valence-electron chi connectivity index (χ2n) is 3.95. The molecule has 4 nitrogen and oxygen atoms in total. The van der Waals surface area contributed by atoms with Crippen molar-refractivity contribution in [3.63, 3.8) is 0 Å². The lowest BCUT2D eigenvalue weighted by molar-refractivity contribution is -0.124. The number of hydrogen-bond donors (Lipinski definition) is 2. The zero-order chi connectivity index (χ0) is 10.1. The van der Waals surface area contributed by atoms with Gasteiger partial charge in [-0.1, -0.05) is 6.92 Å². The lowest BCUT2D eigenvalue weighted by atomic mass is 9.95. The molecule has 0 radical (unpaired) electrons. The summed E-state index contributed by atoms with van der Waals surface area (Å²) in [5, 5.41) is 0. The number of hydrogen-bond acceptors (Lipinski definition) is 2. The fourth-order valence-electron chi connectivity index (χ4n) is 1.88. The summed E-state index contributed by atoms with van der Waals surface area (Å²) in [6, 6.07) is 0. The van der Waals surface area contributed by atoms with Crippen LogP contribution in [0.3, 0.4) is 0 Å². The molecule has 1 aliphatic rings. The van der Waals surface area contributed by atoms with Crippen molar-refractivity contribution in [1.29, 1.82) is 0 Å². The fraction of sp³-hybridized carbons (Fsp3) is 0.778. The van der Waals surface area contributed by atoms with E-state index in [4.69, 9.17) is 11.5 Å². The lowest BCUT2D eigenvalue weighted by Gasteiger charge is -2.10. The Bertz CT molecular complexity index is 240. The second kappa shape index (κ2) is 3.36. The van der Waals surface area contributed by atoms with Gasteiger partial charge < -0.3 is 11.5 Å². The van der Waals surface area contributed by atoms with Crippen molar-refractivity contribution in [2.75, 3.05) is 0 Å². The Labute approximate surface area is 77.7 Å². The van der Waals surface area contributed by atoms with E-state index in [2.05, 4.69) is 0 Å². The molecule has 2 unspecified atom stereocenters. The monoisotopic (exact) mass is 184 g/mol. The number of carbonyl (C=O) groups excluding carboxylic acids is 2. The molecular weight excluding hydrogens is 168 g/mol. The molecule has 0 aromatic rings. The Kier molecular flexibility index (Phi) is 2.59. The highest BCUT2D eigenvalue weighted by Crippen LogP contribution is 2.55. The van der Waals surface area contributed by atoms with Crippen molar-refractivity contribution in [2.24, 2.45) is 22.8 Å². The number of nitrogens with two attached hydrogens (primary N) is 2. The van der Waals surface area contributed by atoms with Crippen molar-refractivity contribution >= 4 is 11.8 Å². The van der Waals surface area contributed by atoms with Gasteiger partial charge in [-0.05, 0) is 25.2 Å². The quantitative estimate of drug-likeness (QED) is 0.637. The van der Waals surface area contributed by atoms with Crippen LogP contribution in [0.5, 0.6) is 0 Å². The maximum atomic E-state index is 11.1. The summed E-state index contributed by atoms with van der Waals surface area (Å²) in [7, 11) is 0. The van der Waals surface area contributed by atoms with Crippen LogP contribution in [0.1, 0.15) is 32.6 Å². The summed E-state index contributed by atoms with van der Waals surface area (Å²) < 4.78 is 0. The van der Waals surface area contributed by atoms with Crippen molar-refractivity contribution in [1.82, 2.24) is 0 Å². The molecule has 13 heavy (non-hydrogen) atoms. The molecule has 2 atom stereocenters. The van der Waals surface area contributed by atoms with Crippen molar-refractivity contribution in [2.45, 2.75) is 32.6 Å².